The van der Waals surface area contributed by atoms with Gasteiger partial charge in [-0.3, -0.25) is 4.79 Å². The summed E-state index contributed by atoms with van der Waals surface area (Å²) in [7, 11) is 3.89. The van der Waals surface area contributed by atoms with Crippen LogP contribution < -0.4 is 0 Å². The van der Waals surface area contributed by atoms with Gasteiger partial charge >= 0.3 is 0 Å². The quantitative estimate of drug-likeness (QED) is 0.793. The van der Waals surface area contributed by atoms with Crippen molar-refractivity contribution in [1.82, 2.24) is 9.80 Å². The zero-order valence-electron chi connectivity index (χ0n) is 11.9. The molecule has 1 unspecified atom stereocenters. The summed E-state index contributed by atoms with van der Waals surface area (Å²) in [5.41, 5.74) is 0.132. The Morgan fingerprint density at radius 1 is 1.32 bits per heavy atom. The molecule has 1 aromatic rings. The van der Waals surface area contributed by atoms with E-state index < -0.39 is 0 Å². The minimum absolute atomic E-state index is 0.0225. The first-order valence-corrected chi connectivity index (χ1v) is 6.34. The van der Waals surface area contributed by atoms with E-state index in [0.29, 0.717) is 6.54 Å². The first-order valence-electron chi connectivity index (χ1n) is 6.34. The maximum Gasteiger partial charge on any atom is 0.258 e. The Kier molecular flexibility index (Phi) is 5.18. The minimum atomic E-state index is -0.273. The number of amides is 1. The van der Waals surface area contributed by atoms with Gasteiger partial charge in [-0.1, -0.05) is 0 Å². The van der Waals surface area contributed by atoms with E-state index in [-0.39, 0.29) is 29.0 Å². The number of likely N-dealkylation sites (N-methyl/N-ethyl adjacent to an activating group) is 2. The molecule has 5 nitrogen and oxygen atoms in total. The summed E-state index contributed by atoms with van der Waals surface area (Å²) >= 11 is 0. The SMILES string of the molecule is CCN(C(=O)c1cc(O)ccc1O)C(C)CN(C)C. The molecule has 0 heterocycles. The Bertz CT molecular complexity index is 446. The molecule has 0 bridgehead atoms. The molecule has 19 heavy (non-hydrogen) atoms. The molecule has 0 fully saturated rings. The van der Waals surface area contributed by atoms with E-state index in [0.717, 1.165) is 6.54 Å². The van der Waals surface area contributed by atoms with Crippen molar-refractivity contribution < 1.29 is 15.0 Å². The third kappa shape index (κ3) is 3.86. The Morgan fingerprint density at radius 3 is 2.47 bits per heavy atom. The third-order valence-corrected chi connectivity index (χ3v) is 2.97. The highest BCUT2D eigenvalue weighted by Crippen LogP contribution is 2.24. The average Bonchev–Trinajstić information content (AvgIpc) is 2.32. The second kappa shape index (κ2) is 6.43. The second-order valence-electron chi connectivity index (χ2n) is 4.90. The lowest BCUT2D eigenvalue weighted by atomic mass is 10.1. The lowest BCUT2D eigenvalue weighted by molar-refractivity contribution is 0.0675. The van der Waals surface area contributed by atoms with Gasteiger partial charge in [0.05, 0.1) is 5.56 Å². The van der Waals surface area contributed by atoms with Crippen molar-refractivity contribution in [2.45, 2.75) is 19.9 Å². The molecule has 0 saturated heterocycles. The van der Waals surface area contributed by atoms with Crippen molar-refractivity contribution in [1.29, 1.82) is 0 Å². The van der Waals surface area contributed by atoms with Gasteiger partial charge in [0.1, 0.15) is 11.5 Å². The molecule has 1 aromatic carbocycles. The van der Waals surface area contributed by atoms with Gasteiger partial charge in [0.15, 0.2) is 0 Å². The number of phenolic OH excluding ortho intramolecular Hbond substituents is 2. The highest BCUT2D eigenvalue weighted by Gasteiger charge is 2.23. The lowest BCUT2D eigenvalue weighted by Crippen LogP contribution is -2.43. The van der Waals surface area contributed by atoms with Gasteiger partial charge in [-0.2, -0.15) is 0 Å². The molecule has 5 heteroatoms. The number of aromatic hydroxyl groups is 2. The predicted molar refractivity (Wildman–Crippen MR) is 74.5 cm³/mol. The standard InChI is InChI=1S/C14H22N2O3/c1-5-16(10(2)9-15(3)4)14(19)12-8-11(17)6-7-13(12)18/h6-8,10,17-18H,5,9H2,1-4H3. The zero-order chi connectivity index (χ0) is 14.6. The van der Waals surface area contributed by atoms with Crippen LogP contribution in [0.2, 0.25) is 0 Å². The molecule has 0 radical (unpaired) electrons. The van der Waals surface area contributed by atoms with Crippen molar-refractivity contribution in [3.8, 4) is 11.5 Å². The van der Waals surface area contributed by atoms with E-state index in [1.165, 1.54) is 18.2 Å². The largest absolute Gasteiger partial charge is 0.508 e. The number of hydrogen-bond donors (Lipinski definition) is 2. The van der Waals surface area contributed by atoms with Crippen LogP contribution in [0.25, 0.3) is 0 Å². The molecule has 106 valence electrons. The van der Waals surface area contributed by atoms with Gasteiger partial charge in [0.2, 0.25) is 0 Å². The zero-order valence-corrected chi connectivity index (χ0v) is 11.9. The van der Waals surface area contributed by atoms with Gasteiger partial charge in [0, 0.05) is 19.1 Å². The molecule has 1 amide bonds. The molecule has 1 rings (SSSR count). The van der Waals surface area contributed by atoms with E-state index in [1.807, 2.05) is 32.8 Å². The normalized spacial score (nSPS) is 12.5. The summed E-state index contributed by atoms with van der Waals surface area (Å²) in [4.78, 5) is 16.1. The minimum Gasteiger partial charge on any atom is -0.508 e. The van der Waals surface area contributed by atoms with Crippen LogP contribution in [0.3, 0.4) is 0 Å². The van der Waals surface area contributed by atoms with Crippen LogP contribution in [0.4, 0.5) is 0 Å². The maximum atomic E-state index is 12.4. The smallest absolute Gasteiger partial charge is 0.258 e. The number of benzene rings is 1. The van der Waals surface area contributed by atoms with E-state index in [2.05, 4.69) is 0 Å². The molecule has 2 N–H and O–H groups in total. The first kappa shape index (κ1) is 15.3. The number of rotatable bonds is 5. The highest BCUT2D eigenvalue weighted by molar-refractivity contribution is 5.97. The van der Waals surface area contributed by atoms with E-state index in [4.69, 9.17) is 0 Å². The van der Waals surface area contributed by atoms with Crippen molar-refractivity contribution >= 4 is 5.91 Å². The molecular formula is C14H22N2O3. The fourth-order valence-corrected chi connectivity index (χ4v) is 2.13. The molecular weight excluding hydrogens is 244 g/mol. The van der Waals surface area contributed by atoms with Crippen molar-refractivity contribution in [3.05, 3.63) is 23.8 Å². The number of carbonyl (C=O) groups excluding carboxylic acids is 1. The first-order chi connectivity index (χ1) is 8.86. The topological polar surface area (TPSA) is 64.0 Å². The summed E-state index contributed by atoms with van der Waals surface area (Å²) in [6.07, 6.45) is 0. The lowest BCUT2D eigenvalue weighted by Gasteiger charge is -2.30. The molecule has 0 aliphatic rings. The number of carbonyl (C=O) groups is 1. The average molecular weight is 266 g/mol. The Morgan fingerprint density at radius 2 is 1.95 bits per heavy atom. The Hall–Kier alpha value is -1.75. The Labute approximate surface area is 114 Å². The van der Waals surface area contributed by atoms with Gasteiger partial charge in [-0.25, -0.2) is 0 Å². The fourth-order valence-electron chi connectivity index (χ4n) is 2.13. The van der Waals surface area contributed by atoms with Crippen LogP contribution in [0.15, 0.2) is 18.2 Å². The molecule has 0 spiro atoms. The van der Waals surface area contributed by atoms with E-state index >= 15 is 0 Å². The fraction of sp³-hybridized carbons (Fsp3) is 0.500. The van der Waals surface area contributed by atoms with Gasteiger partial charge < -0.3 is 20.0 Å². The monoisotopic (exact) mass is 266 g/mol. The van der Waals surface area contributed by atoms with E-state index in [9.17, 15) is 15.0 Å². The summed E-state index contributed by atoms with van der Waals surface area (Å²) in [5, 5.41) is 19.2. The van der Waals surface area contributed by atoms with Gasteiger partial charge in [-0.15, -0.1) is 0 Å². The summed E-state index contributed by atoms with van der Waals surface area (Å²) in [6.45, 7) is 5.13. The third-order valence-electron chi connectivity index (χ3n) is 2.97. The van der Waals surface area contributed by atoms with Crippen LogP contribution in [-0.4, -0.2) is 59.1 Å². The number of nitrogens with zero attached hydrogens (tertiary/aromatic N) is 2. The summed E-state index contributed by atoms with van der Waals surface area (Å²) < 4.78 is 0. The number of hydrogen-bond acceptors (Lipinski definition) is 4. The van der Waals surface area contributed by atoms with Crippen LogP contribution in [-0.2, 0) is 0 Å². The van der Waals surface area contributed by atoms with Crippen LogP contribution in [0, 0.1) is 0 Å². The van der Waals surface area contributed by atoms with Crippen LogP contribution in [0.1, 0.15) is 24.2 Å². The van der Waals surface area contributed by atoms with Crippen molar-refractivity contribution in [3.63, 3.8) is 0 Å². The van der Waals surface area contributed by atoms with Crippen LogP contribution >= 0.6 is 0 Å². The molecule has 0 aromatic heterocycles. The molecule has 1 atom stereocenters. The Balaban J connectivity index is 2.98. The highest BCUT2D eigenvalue weighted by atomic mass is 16.3. The molecule has 0 aliphatic carbocycles. The van der Waals surface area contributed by atoms with E-state index in [1.54, 1.807) is 4.90 Å². The maximum absolute atomic E-state index is 12.4. The van der Waals surface area contributed by atoms with Gasteiger partial charge in [-0.05, 0) is 46.1 Å². The number of phenols is 2. The molecule has 0 saturated carbocycles. The molecule has 0 aliphatic heterocycles. The van der Waals surface area contributed by atoms with Crippen molar-refractivity contribution in [2.75, 3.05) is 27.2 Å². The summed E-state index contributed by atoms with van der Waals surface area (Å²) in [6, 6.07) is 4.00. The second-order valence-corrected chi connectivity index (χ2v) is 4.90. The van der Waals surface area contributed by atoms with Crippen molar-refractivity contribution in [2.24, 2.45) is 0 Å². The predicted octanol–water partition coefficient (Wildman–Crippen LogP) is 1.51. The van der Waals surface area contributed by atoms with Gasteiger partial charge in [0.25, 0.3) is 5.91 Å². The summed E-state index contributed by atoms with van der Waals surface area (Å²) in [5.74, 6) is -0.416. The van der Waals surface area contributed by atoms with Crippen LogP contribution in [0.5, 0.6) is 11.5 Å².